The zero-order valence-corrected chi connectivity index (χ0v) is 18.6. The summed E-state index contributed by atoms with van der Waals surface area (Å²) in [6.45, 7) is 2.29. The van der Waals surface area contributed by atoms with Gasteiger partial charge in [-0.3, -0.25) is 0 Å². The summed E-state index contributed by atoms with van der Waals surface area (Å²) < 4.78 is 5.22. The highest BCUT2D eigenvalue weighted by atomic mass is 32.2. The van der Waals surface area contributed by atoms with E-state index in [1.807, 2.05) is 18.2 Å². The summed E-state index contributed by atoms with van der Waals surface area (Å²) in [6, 6.07) is 17.2. The van der Waals surface area contributed by atoms with Crippen LogP contribution in [0.1, 0.15) is 80.9 Å². The van der Waals surface area contributed by atoms with Crippen LogP contribution in [0.25, 0.3) is 0 Å². The van der Waals surface area contributed by atoms with Crippen LogP contribution in [0.4, 0.5) is 0 Å². The molecular weight excluding hydrogens is 374 g/mol. The Hall–Kier alpha value is -1.92. The van der Waals surface area contributed by atoms with Crippen LogP contribution >= 0.6 is 11.8 Å². The van der Waals surface area contributed by atoms with Crippen molar-refractivity contribution in [1.82, 2.24) is 0 Å². The molecule has 2 aromatic rings. The van der Waals surface area contributed by atoms with E-state index in [4.69, 9.17) is 4.74 Å². The minimum absolute atomic E-state index is 0.682. The van der Waals surface area contributed by atoms with Gasteiger partial charge in [-0.1, -0.05) is 56.9 Å². The first-order valence-corrected chi connectivity index (χ1v) is 12.0. The molecule has 0 bridgehead atoms. The van der Waals surface area contributed by atoms with Gasteiger partial charge in [0, 0.05) is 10.6 Å². The minimum atomic E-state index is 0.682. The predicted octanol–water partition coefficient (Wildman–Crippen LogP) is 7.71. The number of methoxy groups -OCH3 is 1. The second-order valence-electron chi connectivity index (χ2n) is 8.22. The van der Waals surface area contributed by atoms with Gasteiger partial charge in [0.25, 0.3) is 0 Å². The summed E-state index contributed by atoms with van der Waals surface area (Å²) in [5.74, 6) is 3.32. The Morgan fingerprint density at radius 2 is 1.79 bits per heavy atom. The standard InChI is InChI=1S/C26H33NOS/c1-3-4-5-6-20-7-11-22(12-8-20)23-13-9-21(10-14-23)19-29-26-16-15-25(28-2)17-24(26)18-27/h9-10,13-17,20,22H,3-8,11-12,19H2,1-2H3. The van der Waals surface area contributed by atoms with Crippen LogP contribution in [0.3, 0.4) is 0 Å². The summed E-state index contributed by atoms with van der Waals surface area (Å²) >= 11 is 1.72. The molecule has 1 saturated carbocycles. The van der Waals surface area contributed by atoms with Crippen LogP contribution in [-0.2, 0) is 5.75 Å². The van der Waals surface area contributed by atoms with E-state index in [2.05, 4.69) is 37.3 Å². The van der Waals surface area contributed by atoms with Crippen LogP contribution in [0.5, 0.6) is 5.75 Å². The smallest absolute Gasteiger partial charge is 0.120 e. The minimum Gasteiger partial charge on any atom is -0.497 e. The van der Waals surface area contributed by atoms with E-state index in [-0.39, 0.29) is 0 Å². The van der Waals surface area contributed by atoms with Crippen molar-refractivity contribution in [2.24, 2.45) is 5.92 Å². The number of nitriles is 1. The van der Waals surface area contributed by atoms with E-state index in [1.165, 1.54) is 62.5 Å². The fraction of sp³-hybridized carbons (Fsp3) is 0.500. The van der Waals surface area contributed by atoms with E-state index in [1.54, 1.807) is 18.9 Å². The molecule has 0 N–H and O–H groups in total. The van der Waals surface area contributed by atoms with Gasteiger partial charge in [0.2, 0.25) is 0 Å². The van der Waals surface area contributed by atoms with Crippen molar-refractivity contribution in [3.05, 3.63) is 59.2 Å². The lowest BCUT2D eigenvalue weighted by atomic mass is 9.77. The zero-order chi connectivity index (χ0) is 20.5. The molecule has 1 aliphatic rings. The monoisotopic (exact) mass is 407 g/mol. The van der Waals surface area contributed by atoms with E-state index < -0.39 is 0 Å². The van der Waals surface area contributed by atoms with Gasteiger partial charge in [-0.05, 0) is 66.8 Å². The van der Waals surface area contributed by atoms with Crippen molar-refractivity contribution < 1.29 is 4.74 Å². The molecule has 1 aliphatic carbocycles. The van der Waals surface area contributed by atoms with Crippen molar-refractivity contribution in [3.8, 4) is 11.8 Å². The number of thioether (sulfide) groups is 1. The number of nitrogens with zero attached hydrogens (tertiary/aromatic N) is 1. The normalized spacial score (nSPS) is 18.9. The van der Waals surface area contributed by atoms with Gasteiger partial charge in [0.05, 0.1) is 12.7 Å². The van der Waals surface area contributed by atoms with Gasteiger partial charge < -0.3 is 4.74 Å². The molecule has 0 aliphatic heterocycles. The molecule has 2 aromatic carbocycles. The number of hydrogen-bond donors (Lipinski definition) is 0. The maximum atomic E-state index is 9.38. The molecule has 3 rings (SSSR count). The van der Waals surface area contributed by atoms with Crippen LogP contribution in [0, 0.1) is 17.2 Å². The molecule has 0 radical (unpaired) electrons. The second kappa shape index (κ2) is 11.3. The van der Waals surface area contributed by atoms with Crippen molar-refractivity contribution in [3.63, 3.8) is 0 Å². The Labute approximate surface area is 180 Å². The largest absolute Gasteiger partial charge is 0.497 e. The molecule has 0 unspecified atom stereocenters. The lowest BCUT2D eigenvalue weighted by molar-refractivity contribution is 0.303. The van der Waals surface area contributed by atoms with Crippen molar-refractivity contribution >= 4 is 11.8 Å². The summed E-state index contributed by atoms with van der Waals surface area (Å²) in [4.78, 5) is 1.01. The Morgan fingerprint density at radius 3 is 2.45 bits per heavy atom. The Morgan fingerprint density at radius 1 is 1.03 bits per heavy atom. The first-order chi connectivity index (χ1) is 14.2. The fourth-order valence-electron chi connectivity index (χ4n) is 4.36. The third kappa shape index (κ3) is 6.28. The van der Waals surface area contributed by atoms with Crippen molar-refractivity contribution in [1.29, 1.82) is 5.26 Å². The third-order valence-corrected chi connectivity index (χ3v) is 7.36. The quantitative estimate of drug-likeness (QED) is 0.315. The number of ether oxygens (including phenoxy) is 1. The molecule has 3 heteroatoms. The SMILES string of the molecule is CCCCCC1CCC(c2ccc(CSc3ccc(OC)cc3C#N)cc2)CC1. The van der Waals surface area contributed by atoms with Crippen LogP contribution < -0.4 is 4.74 Å². The molecule has 0 amide bonds. The van der Waals surface area contributed by atoms with Gasteiger partial charge >= 0.3 is 0 Å². The summed E-state index contributed by atoms with van der Waals surface area (Å²) in [5.41, 5.74) is 3.50. The predicted molar refractivity (Wildman–Crippen MR) is 123 cm³/mol. The Kier molecular flexibility index (Phi) is 8.50. The molecule has 0 atom stereocenters. The first-order valence-electron chi connectivity index (χ1n) is 11.0. The van der Waals surface area contributed by atoms with Crippen molar-refractivity contribution in [2.75, 3.05) is 7.11 Å². The Balaban J connectivity index is 1.50. The van der Waals surface area contributed by atoms with Crippen LogP contribution in [0.2, 0.25) is 0 Å². The van der Waals surface area contributed by atoms with Crippen molar-refractivity contribution in [2.45, 2.75) is 74.9 Å². The van der Waals surface area contributed by atoms with E-state index >= 15 is 0 Å². The van der Waals surface area contributed by atoms with Crippen LogP contribution in [-0.4, -0.2) is 7.11 Å². The zero-order valence-electron chi connectivity index (χ0n) is 17.8. The topological polar surface area (TPSA) is 33.0 Å². The molecule has 2 nitrogen and oxygen atoms in total. The average molecular weight is 408 g/mol. The highest BCUT2D eigenvalue weighted by molar-refractivity contribution is 7.98. The number of unbranched alkanes of at least 4 members (excludes halogenated alkanes) is 2. The maximum absolute atomic E-state index is 9.38. The summed E-state index contributed by atoms with van der Waals surface area (Å²) in [7, 11) is 1.63. The van der Waals surface area contributed by atoms with E-state index in [0.717, 1.165) is 28.2 Å². The maximum Gasteiger partial charge on any atom is 0.120 e. The van der Waals surface area contributed by atoms with E-state index in [9.17, 15) is 5.26 Å². The first kappa shape index (κ1) is 21.8. The molecule has 1 fully saturated rings. The lowest BCUT2D eigenvalue weighted by Gasteiger charge is -2.29. The molecule has 0 saturated heterocycles. The molecule has 0 heterocycles. The van der Waals surface area contributed by atoms with Gasteiger partial charge in [0.1, 0.15) is 11.8 Å². The average Bonchev–Trinajstić information content (AvgIpc) is 2.78. The van der Waals surface area contributed by atoms with E-state index in [0.29, 0.717) is 5.56 Å². The van der Waals surface area contributed by atoms with Gasteiger partial charge in [-0.25, -0.2) is 0 Å². The molecular formula is C26H33NOS. The molecule has 0 aromatic heterocycles. The fourth-order valence-corrected chi connectivity index (χ4v) is 5.30. The molecule has 154 valence electrons. The molecule has 0 spiro atoms. The summed E-state index contributed by atoms with van der Waals surface area (Å²) in [5, 5.41) is 9.38. The van der Waals surface area contributed by atoms with Crippen LogP contribution in [0.15, 0.2) is 47.4 Å². The Bertz CT molecular complexity index is 800. The number of rotatable bonds is 9. The van der Waals surface area contributed by atoms with Gasteiger partial charge in [-0.15, -0.1) is 11.8 Å². The van der Waals surface area contributed by atoms with Gasteiger partial charge in [0.15, 0.2) is 0 Å². The number of hydrogen-bond acceptors (Lipinski definition) is 3. The lowest BCUT2D eigenvalue weighted by Crippen LogP contribution is -2.13. The van der Waals surface area contributed by atoms with Gasteiger partial charge in [-0.2, -0.15) is 5.26 Å². The highest BCUT2D eigenvalue weighted by Crippen LogP contribution is 2.38. The molecule has 29 heavy (non-hydrogen) atoms. The second-order valence-corrected chi connectivity index (χ2v) is 9.23. The third-order valence-electron chi connectivity index (χ3n) is 6.22. The highest BCUT2D eigenvalue weighted by Gasteiger charge is 2.22. The summed E-state index contributed by atoms with van der Waals surface area (Å²) in [6.07, 6.45) is 11.1. The number of benzene rings is 2.